The van der Waals surface area contributed by atoms with Crippen LogP contribution in [0, 0.1) is 5.92 Å². The number of nitrogens with one attached hydrogen (secondary N) is 1. The van der Waals surface area contributed by atoms with E-state index < -0.39 is 0 Å². The number of anilines is 1. The molecule has 3 rings (SSSR count). The number of hydrogen-bond acceptors (Lipinski definition) is 2. The lowest BCUT2D eigenvalue weighted by molar-refractivity contribution is 0.515. The second-order valence-corrected chi connectivity index (χ2v) is 5.12. The molecule has 16 heavy (non-hydrogen) atoms. The molecule has 1 heterocycles. The molecule has 1 aromatic carbocycles. The third kappa shape index (κ3) is 2.38. The quantitative estimate of drug-likeness (QED) is 0.830. The minimum atomic E-state index is 0.848. The SMILES string of the molecule is c1ccc(N2CCC(CNC3CC3)C2)cc1. The Kier molecular flexibility index (Phi) is 2.83. The van der Waals surface area contributed by atoms with Gasteiger partial charge in [0.15, 0.2) is 0 Å². The van der Waals surface area contributed by atoms with Gasteiger partial charge < -0.3 is 10.2 Å². The predicted octanol–water partition coefficient (Wildman–Crippen LogP) is 2.26. The molecule has 2 nitrogen and oxygen atoms in total. The summed E-state index contributed by atoms with van der Waals surface area (Å²) in [6, 6.07) is 11.6. The molecule has 1 saturated carbocycles. The van der Waals surface area contributed by atoms with Crippen molar-refractivity contribution in [3.05, 3.63) is 30.3 Å². The summed E-state index contributed by atoms with van der Waals surface area (Å²) in [5.41, 5.74) is 1.39. The molecule has 86 valence electrons. The summed E-state index contributed by atoms with van der Waals surface area (Å²) in [5, 5.41) is 3.64. The van der Waals surface area contributed by atoms with E-state index in [1.807, 2.05) is 0 Å². The van der Waals surface area contributed by atoms with Gasteiger partial charge in [-0.05, 0) is 43.9 Å². The molecule has 0 amide bonds. The zero-order chi connectivity index (χ0) is 10.8. The highest BCUT2D eigenvalue weighted by atomic mass is 15.2. The molecule has 1 N–H and O–H groups in total. The molecule has 0 spiro atoms. The minimum absolute atomic E-state index is 0.848. The van der Waals surface area contributed by atoms with Crippen LogP contribution < -0.4 is 10.2 Å². The summed E-state index contributed by atoms with van der Waals surface area (Å²) < 4.78 is 0. The van der Waals surface area contributed by atoms with Crippen LogP contribution in [0.25, 0.3) is 0 Å². The zero-order valence-corrected chi connectivity index (χ0v) is 9.73. The van der Waals surface area contributed by atoms with Crippen LogP contribution in [0.5, 0.6) is 0 Å². The smallest absolute Gasteiger partial charge is 0.0366 e. The molecule has 0 bridgehead atoms. The Balaban J connectivity index is 1.52. The molecule has 1 saturated heterocycles. The van der Waals surface area contributed by atoms with Crippen molar-refractivity contribution >= 4 is 5.69 Å². The molecule has 2 aliphatic rings. The highest BCUT2D eigenvalue weighted by Gasteiger charge is 2.26. The van der Waals surface area contributed by atoms with Gasteiger partial charge in [-0.1, -0.05) is 18.2 Å². The van der Waals surface area contributed by atoms with Gasteiger partial charge in [-0.25, -0.2) is 0 Å². The van der Waals surface area contributed by atoms with Gasteiger partial charge in [0.05, 0.1) is 0 Å². The normalized spacial score (nSPS) is 25.0. The van der Waals surface area contributed by atoms with Crippen LogP contribution >= 0.6 is 0 Å². The average Bonchev–Trinajstić information content (AvgIpc) is 3.05. The molecule has 0 aromatic heterocycles. The fourth-order valence-corrected chi connectivity index (χ4v) is 2.49. The molecule has 1 aromatic rings. The fraction of sp³-hybridized carbons (Fsp3) is 0.571. The molecule has 0 radical (unpaired) electrons. The molecule has 1 aliphatic carbocycles. The van der Waals surface area contributed by atoms with Crippen LogP contribution in [0.15, 0.2) is 30.3 Å². The molecular formula is C14H20N2. The van der Waals surface area contributed by atoms with E-state index in [4.69, 9.17) is 0 Å². The number of para-hydroxylation sites is 1. The molecule has 2 heteroatoms. The number of hydrogen-bond donors (Lipinski definition) is 1. The van der Waals surface area contributed by atoms with Crippen LogP contribution in [0.2, 0.25) is 0 Å². The highest BCUT2D eigenvalue weighted by Crippen LogP contribution is 2.24. The second-order valence-electron chi connectivity index (χ2n) is 5.12. The highest BCUT2D eigenvalue weighted by molar-refractivity contribution is 5.46. The molecule has 1 unspecified atom stereocenters. The van der Waals surface area contributed by atoms with E-state index in [1.165, 1.54) is 44.6 Å². The van der Waals surface area contributed by atoms with Crippen molar-refractivity contribution in [1.29, 1.82) is 0 Å². The maximum Gasteiger partial charge on any atom is 0.0366 e. The van der Waals surface area contributed by atoms with Gasteiger partial charge in [-0.3, -0.25) is 0 Å². The third-order valence-electron chi connectivity index (χ3n) is 3.68. The summed E-state index contributed by atoms with van der Waals surface area (Å²) in [4.78, 5) is 2.51. The Morgan fingerprint density at radius 1 is 1.12 bits per heavy atom. The first-order chi connectivity index (χ1) is 7.92. The third-order valence-corrected chi connectivity index (χ3v) is 3.68. The van der Waals surface area contributed by atoms with E-state index in [-0.39, 0.29) is 0 Å². The maximum absolute atomic E-state index is 3.64. The second kappa shape index (κ2) is 4.46. The van der Waals surface area contributed by atoms with Crippen molar-refractivity contribution in [3.8, 4) is 0 Å². The molecule has 1 aliphatic heterocycles. The summed E-state index contributed by atoms with van der Waals surface area (Å²) in [7, 11) is 0. The molecule has 2 fully saturated rings. The van der Waals surface area contributed by atoms with E-state index >= 15 is 0 Å². The Labute approximate surface area is 97.6 Å². The average molecular weight is 216 g/mol. The summed E-state index contributed by atoms with van der Waals surface area (Å²) in [5.74, 6) is 0.848. The van der Waals surface area contributed by atoms with Gasteiger partial charge in [-0.15, -0.1) is 0 Å². The lowest BCUT2D eigenvalue weighted by atomic mass is 10.1. The zero-order valence-electron chi connectivity index (χ0n) is 9.73. The van der Waals surface area contributed by atoms with Crippen molar-refractivity contribution in [1.82, 2.24) is 5.32 Å². The van der Waals surface area contributed by atoms with E-state index in [2.05, 4.69) is 40.5 Å². The first-order valence-electron chi connectivity index (χ1n) is 6.45. The number of nitrogens with zero attached hydrogens (tertiary/aromatic N) is 1. The Bertz CT molecular complexity index is 332. The Hall–Kier alpha value is -1.02. The summed E-state index contributed by atoms with van der Waals surface area (Å²) in [6.45, 7) is 3.67. The van der Waals surface area contributed by atoms with Crippen LogP contribution in [0.3, 0.4) is 0 Å². The van der Waals surface area contributed by atoms with Crippen molar-refractivity contribution in [2.75, 3.05) is 24.5 Å². The lowest BCUT2D eigenvalue weighted by Crippen LogP contribution is -2.27. The molecule has 1 atom stereocenters. The number of benzene rings is 1. The maximum atomic E-state index is 3.64. The van der Waals surface area contributed by atoms with E-state index in [9.17, 15) is 0 Å². The summed E-state index contributed by atoms with van der Waals surface area (Å²) in [6.07, 6.45) is 4.14. The predicted molar refractivity (Wildman–Crippen MR) is 67.8 cm³/mol. The standard InChI is InChI=1S/C14H20N2/c1-2-4-14(5-3-1)16-9-8-12(11-16)10-15-13-6-7-13/h1-5,12-13,15H,6-11H2. The van der Waals surface area contributed by atoms with E-state index in [0.29, 0.717) is 0 Å². The monoisotopic (exact) mass is 216 g/mol. The topological polar surface area (TPSA) is 15.3 Å². The van der Waals surface area contributed by atoms with Gasteiger partial charge in [0, 0.05) is 24.8 Å². The largest absolute Gasteiger partial charge is 0.371 e. The van der Waals surface area contributed by atoms with Gasteiger partial charge >= 0.3 is 0 Å². The Morgan fingerprint density at radius 3 is 2.69 bits per heavy atom. The van der Waals surface area contributed by atoms with Crippen molar-refractivity contribution in [3.63, 3.8) is 0 Å². The van der Waals surface area contributed by atoms with Gasteiger partial charge in [-0.2, -0.15) is 0 Å². The first-order valence-corrected chi connectivity index (χ1v) is 6.45. The van der Waals surface area contributed by atoms with Crippen molar-refractivity contribution < 1.29 is 0 Å². The van der Waals surface area contributed by atoms with E-state index in [0.717, 1.165) is 12.0 Å². The van der Waals surface area contributed by atoms with Crippen molar-refractivity contribution in [2.24, 2.45) is 5.92 Å². The van der Waals surface area contributed by atoms with Gasteiger partial charge in [0.2, 0.25) is 0 Å². The van der Waals surface area contributed by atoms with Gasteiger partial charge in [0.1, 0.15) is 0 Å². The Morgan fingerprint density at radius 2 is 1.94 bits per heavy atom. The molecular weight excluding hydrogens is 196 g/mol. The van der Waals surface area contributed by atoms with E-state index in [1.54, 1.807) is 0 Å². The van der Waals surface area contributed by atoms with Crippen LogP contribution in [-0.4, -0.2) is 25.7 Å². The van der Waals surface area contributed by atoms with Crippen LogP contribution in [-0.2, 0) is 0 Å². The van der Waals surface area contributed by atoms with Crippen LogP contribution in [0.1, 0.15) is 19.3 Å². The first kappa shape index (κ1) is 10.2. The minimum Gasteiger partial charge on any atom is -0.371 e. The summed E-state index contributed by atoms with van der Waals surface area (Å²) >= 11 is 0. The van der Waals surface area contributed by atoms with Gasteiger partial charge in [0.25, 0.3) is 0 Å². The number of rotatable bonds is 4. The van der Waals surface area contributed by atoms with Crippen LogP contribution in [0.4, 0.5) is 5.69 Å². The lowest BCUT2D eigenvalue weighted by Gasteiger charge is -2.18. The fourth-order valence-electron chi connectivity index (χ4n) is 2.49. The van der Waals surface area contributed by atoms with Crippen molar-refractivity contribution in [2.45, 2.75) is 25.3 Å².